The summed E-state index contributed by atoms with van der Waals surface area (Å²) in [5, 5.41) is 0. The Labute approximate surface area is 106 Å². The van der Waals surface area contributed by atoms with Gasteiger partial charge in [0.1, 0.15) is 0 Å². The van der Waals surface area contributed by atoms with Gasteiger partial charge in [0.2, 0.25) is 0 Å². The lowest BCUT2D eigenvalue weighted by molar-refractivity contribution is -0.0969. The van der Waals surface area contributed by atoms with Gasteiger partial charge in [-0.05, 0) is 43.9 Å². The molecule has 0 aromatic carbocycles. The Kier molecular flexibility index (Phi) is 4.48. The van der Waals surface area contributed by atoms with Crippen LogP contribution in [0.15, 0.2) is 0 Å². The topological polar surface area (TPSA) is 35.2 Å². The first kappa shape index (κ1) is 13.4. The molecule has 2 fully saturated rings. The van der Waals surface area contributed by atoms with Crippen molar-refractivity contribution in [2.24, 2.45) is 17.6 Å². The van der Waals surface area contributed by atoms with Crippen LogP contribution in [-0.2, 0) is 4.74 Å². The Morgan fingerprint density at radius 3 is 2.71 bits per heavy atom. The molecule has 17 heavy (non-hydrogen) atoms. The molecule has 0 radical (unpaired) electrons. The number of ether oxygens (including phenoxy) is 1. The predicted molar refractivity (Wildman–Crippen MR) is 71.9 cm³/mol. The Morgan fingerprint density at radius 1 is 1.35 bits per heavy atom. The SMILES string of the molecule is CCC(C)CC(N)C1CCOC2(CCCC2)C1. The summed E-state index contributed by atoms with van der Waals surface area (Å²) >= 11 is 0. The summed E-state index contributed by atoms with van der Waals surface area (Å²) in [7, 11) is 0. The molecule has 2 aliphatic rings. The van der Waals surface area contributed by atoms with Gasteiger partial charge in [0, 0.05) is 12.6 Å². The van der Waals surface area contributed by atoms with Gasteiger partial charge in [0.05, 0.1) is 5.60 Å². The maximum atomic E-state index is 6.42. The van der Waals surface area contributed by atoms with Gasteiger partial charge in [-0.1, -0.05) is 33.1 Å². The van der Waals surface area contributed by atoms with Crippen LogP contribution in [0.25, 0.3) is 0 Å². The second kappa shape index (κ2) is 5.71. The van der Waals surface area contributed by atoms with Crippen molar-refractivity contribution in [2.45, 2.75) is 76.9 Å². The summed E-state index contributed by atoms with van der Waals surface area (Å²) in [4.78, 5) is 0. The minimum atomic E-state index is 0.232. The summed E-state index contributed by atoms with van der Waals surface area (Å²) in [6, 6.07) is 0.395. The van der Waals surface area contributed by atoms with Crippen molar-refractivity contribution >= 4 is 0 Å². The van der Waals surface area contributed by atoms with E-state index in [1.807, 2.05) is 0 Å². The molecule has 0 aromatic heterocycles. The second-order valence-corrected chi connectivity index (χ2v) is 6.40. The Hall–Kier alpha value is -0.0800. The van der Waals surface area contributed by atoms with Crippen molar-refractivity contribution in [3.63, 3.8) is 0 Å². The standard InChI is InChI=1S/C15H29NO/c1-3-12(2)10-14(16)13-6-9-17-15(11-13)7-4-5-8-15/h12-14H,3-11,16H2,1-2H3. The Bertz CT molecular complexity index is 235. The molecule has 0 aromatic rings. The highest BCUT2D eigenvalue weighted by Gasteiger charge is 2.41. The molecule has 0 bridgehead atoms. The molecule has 1 heterocycles. The largest absolute Gasteiger partial charge is 0.375 e. The van der Waals surface area contributed by atoms with Gasteiger partial charge in [-0.3, -0.25) is 0 Å². The molecule has 2 nitrogen and oxygen atoms in total. The van der Waals surface area contributed by atoms with Crippen molar-refractivity contribution in [1.82, 2.24) is 0 Å². The molecule has 3 atom stereocenters. The maximum Gasteiger partial charge on any atom is 0.0685 e. The zero-order valence-electron chi connectivity index (χ0n) is 11.6. The first-order valence-electron chi connectivity index (χ1n) is 7.55. The van der Waals surface area contributed by atoms with Gasteiger partial charge in [-0.2, -0.15) is 0 Å². The van der Waals surface area contributed by atoms with Crippen molar-refractivity contribution < 1.29 is 4.74 Å². The van der Waals surface area contributed by atoms with E-state index in [2.05, 4.69) is 13.8 Å². The molecule has 2 rings (SSSR count). The molecular formula is C15H29NO. The van der Waals surface area contributed by atoms with E-state index in [4.69, 9.17) is 10.5 Å². The van der Waals surface area contributed by atoms with Crippen molar-refractivity contribution in [1.29, 1.82) is 0 Å². The second-order valence-electron chi connectivity index (χ2n) is 6.40. The smallest absolute Gasteiger partial charge is 0.0685 e. The third-order valence-electron chi connectivity index (χ3n) is 5.02. The van der Waals surface area contributed by atoms with Gasteiger partial charge in [-0.15, -0.1) is 0 Å². The zero-order valence-corrected chi connectivity index (χ0v) is 11.6. The van der Waals surface area contributed by atoms with E-state index in [1.54, 1.807) is 0 Å². The highest BCUT2D eigenvalue weighted by atomic mass is 16.5. The molecule has 2 heteroatoms. The predicted octanol–water partition coefficient (Wildman–Crippen LogP) is 3.49. The molecule has 1 saturated carbocycles. The molecular weight excluding hydrogens is 210 g/mol. The number of hydrogen-bond donors (Lipinski definition) is 1. The number of hydrogen-bond acceptors (Lipinski definition) is 2. The van der Waals surface area contributed by atoms with Crippen LogP contribution < -0.4 is 5.73 Å². The summed E-state index contributed by atoms with van der Waals surface area (Å²) in [6.45, 7) is 5.53. The quantitative estimate of drug-likeness (QED) is 0.815. The minimum absolute atomic E-state index is 0.232. The van der Waals surface area contributed by atoms with Crippen molar-refractivity contribution in [2.75, 3.05) is 6.61 Å². The van der Waals surface area contributed by atoms with E-state index in [9.17, 15) is 0 Å². The Morgan fingerprint density at radius 2 is 2.06 bits per heavy atom. The van der Waals surface area contributed by atoms with E-state index in [0.29, 0.717) is 12.0 Å². The molecule has 1 spiro atoms. The molecule has 2 N–H and O–H groups in total. The van der Waals surface area contributed by atoms with E-state index < -0.39 is 0 Å². The van der Waals surface area contributed by atoms with Crippen LogP contribution >= 0.6 is 0 Å². The fourth-order valence-electron chi connectivity index (χ4n) is 3.62. The fraction of sp³-hybridized carbons (Fsp3) is 1.00. The monoisotopic (exact) mass is 239 g/mol. The maximum absolute atomic E-state index is 6.42. The third kappa shape index (κ3) is 3.23. The van der Waals surface area contributed by atoms with Crippen LogP contribution in [0.1, 0.15) is 65.2 Å². The van der Waals surface area contributed by atoms with Crippen LogP contribution in [0.4, 0.5) is 0 Å². The van der Waals surface area contributed by atoms with Crippen LogP contribution in [0.5, 0.6) is 0 Å². The molecule has 1 aliphatic carbocycles. The summed E-state index contributed by atoms with van der Waals surface area (Å²) < 4.78 is 6.08. The summed E-state index contributed by atoms with van der Waals surface area (Å²) in [5.41, 5.74) is 6.65. The Balaban J connectivity index is 1.88. The van der Waals surface area contributed by atoms with Crippen LogP contribution in [0, 0.1) is 11.8 Å². The van der Waals surface area contributed by atoms with E-state index in [1.165, 1.54) is 51.4 Å². The molecule has 1 aliphatic heterocycles. The zero-order chi connectivity index (χ0) is 12.3. The lowest BCUT2D eigenvalue weighted by atomic mass is 9.78. The van der Waals surface area contributed by atoms with Crippen LogP contribution in [0.2, 0.25) is 0 Å². The first-order valence-corrected chi connectivity index (χ1v) is 7.55. The number of nitrogens with two attached hydrogens (primary N) is 1. The lowest BCUT2D eigenvalue weighted by Gasteiger charge is -2.41. The highest BCUT2D eigenvalue weighted by molar-refractivity contribution is 4.93. The highest BCUT2D eigenvalue weighted by Crippen LogP contribution is 2.43. The van der Waals surface area contributed by atoms with E-state index in [-0.39, 0.29) is 5.60 Å². The van der Waals surface area contributed by atoms with Gasteiger partial charge in [-0.25, -0.2) is 0 Å². The first-order chi connectivity index (χ1) is 8.15. The molecule has 100 valence electrons. The summed E-state index contributed by atoms with van der Waals surface area (Å²) in [5.74, 6) is 1.48. The fourth-order valence-corrected chi connectivity index (χ4v) is 3.62. The lowest BCUT2D eigenvalue weighted by Crippen LogP contribution is -2.44. The van der Waals surface area contributed by atoms with Crippen molar-refractivity contribution in [3.8, 4) is 0 Å². The van der Waals surface area contributed by atoms with Gasteiger partial charge >= 0.3 is 0 Å². The average molecular weight is 239 g/mol. The summed E-state index contributed by atoms with van der Waals surface area (Å²) in [6.07, 6.45) is 10.1. The van der Waals surface area contributed by atoms with Crippen LogP contribution in [0.3, 0.4) is 0 Å². The van der Waals surface area contributed by atoms with Gasteiger partial charge in [0.25, 0.3) is 0 Å². The van der Waals surface area contributed by atoms with Gasteiger partial charge < -0.3 is 10.5 Å². The third-order valence-corrected chi connectivity index (χ3v) is 5.02. The van der Waals surface area contributed by atoms with E-state index >= 15 is 0 Å². The normalized spacial score (nSPS) is 31.6. The van der Waals surface area contributed by atoms with Crippen molar-refractivity contribution in [3.05, 3.63) is 0 Å². The van der Waals surface area contributed by atoms with Gasteiger partial charge in [0.15, 0.2) is 0 Å². The molecule has 3 unspecified atom stereocenters. The van der Waals surface area contributed by atoms with Crippen LogP contribution in [-0.4, -0.2) is 18.2 Å². The molecule has 1 saturated heterocycles. The number of rotatable bonds is 4. The molecule has 0 amide bonds. The van der Waals surface area contributed by atoms with E-state index in [0.717, 1.165) is 12.5 Å². The average Bonchev–Trinajstić information content (AvgIpc) is 2.77. The minimum Gasteiger partial charge on any atom is -0.375 e.